The predicted molar refractivity (Wildman–Crippen MR) is 129 cm³/mol. The van der Waals surface area contributed by atoms with Gasteiger partial charge in [0.25, 0.3) is 5.56 Å². The van der Waals surface area contributed by atoms with Crippen LogP contribution >= 0.6 is 0 Å². The van der Waals surface area contributed by atoms with E-state index in [-0.39, 0.29) is 23.2 Å². The lowest BCUT2D eigenvalue weighted by Crippen LogP contribution is -2.31. The second-order valence-electron chi connectivity index (χ2n) is 8.31. The van der Waals surface area contributed by atoms with Crippen molar-refractivity contribution in [1.82, 2.24) is 4.57 Å². The largest absolute Gasteiger partial charge is 0.497 e. The fourth-order valence-corrected chi connectivity index (χ4v) is 3.95. The van der Waals surface area contributed by atoms with Crippen molar-refractivity contribution in [2.45, 2.75) is 46.8 Å². The van der Waals surface area contributed by atoms with Gasteiger partial charge in [0.2, 0.25) is 11.7 Å². The molecule has 176 valence electrons. The van der Waals surface area contributed by atoms with Crippen LogP contribution in [-0.4, -0.2) is 28.7 Å². The number of aryl methyl sites for hydroxylation is 3. The molecule has 1 aromatic heterocycles. The van der Waals surface area contributed by atoms with E-state index in [1.54, 1.807) is 26.2 Å². The fraction of sp³-hybridized carbons (Fsp3) is 0.296. The molecule has 0 amide bonds. The van der Waals surface area contributed by atoms with Crippen LogP contribution in [0.15, 0.2) is 47.3 Å². The zero-order chi connectivity index (χ0) is 25.0. The summed E-state index contributed by atoms with van der Waals surface area (Å²) in [6, 6.07) is 14.8. The van der Waals surface area contributed by atoms with E-state index >= 15 is 0 Å². The smallest absolute Gasteiger partial charge is 0.271 e. The van der Waals surface area contributed by atoms with Crippen LogP contribution in [0.3, 0.4) is 0 Å². The number of benzene rings is 2. The minimum Gasteiger partial charge on any atom is -0.497 e. The highest BCUT2D eigenvalue weighted by Gasteiger charge is 2.28. The SMILES string of the molecule is COc1ccc(CCn2c(O)c(C(=O)C(C)Oc3cc(C)cc(C)c3)c(C)c(C#N)c2=O)cc1. The number of carbonyl (C=O) groups is 1. The molecule has 1 atom stereocenters. The van der Waals surface area contributed by atoms with Gasteiger partial charge in [-0.3, -0.25) is 14.2 Å². The maximum Gasteiger partial charge on any atom is 0.271 e. The summed E-state index contributed by atoms with van der Waals surface area (Å²) in [6.07, 6.45) is -0.530. The van der Waals surface area contributed by atoms with Crippen LogP contribution in [0.25, 0.3) is 0 Å². The van der Waals surface area contributed by atoms with Gasteiger partial charge in [-0.1, -0.05) is 18.2 Å². The highest BCUT2D eigenvalue weighted by molar-refractivity contribution is 6.03. The molecule has 3 rings (SSSR count). The Bertz CT molecular complexity index is 1300. The Morgan fingerprint density at radius 3 is 2.26 bits per heavy atom. The molecule has 0 bridgehead atoms. The summed E-state index contributed by atoms with van der Waals surface area (Å²) in [5, 5.41) is 20.6. The molecule has 1 unspecified atom stereocenters. The van der Waals surface area contributed by atoms with Crippen LogP contribution in [0.4, 0.5) is 0 Å². The quantitative estimate of drug-likeness (QED) is 0.504. The van der Waals surface area contributed by atoms with E-state index < -0.39 is 23.3 Å². The molecule has 0 radical (unpaired) electrons. The first-order valence-corrected chi connectivity index (χ1v) is 10.9. The third kappa shape index (κ3) is 5.12. The molecule has 0 fully saturated rings. The van der Waals surface area contributed by atoms with Crippen LogP contribution in [0.5, 0.6) is 17.4 Å². The molecule has 0 spiro atoms. The van der Waals surface area contributed by atoms with Gasteiger partial charge in [-0.15, -0.1) is 0 Å². The molecule has 0 aliphatic heterocycles. The Labute approximate surface area is 198 Å². The molecule has 7 nitrogen and oxygen atoms in total. The standard InChI is InChI=1S/C27H28N2O5/c1-16-12-17(2)14-22(13-16)34-19(4)25(30)24-18(3)23(15-28)26(31)29(27(24)32)11-10-20-6-8-21(33-5)9-7-20/h6-9,12-14,19,32H,10-11H2,1-5H3. The number of hydrogen-bond donors (Lipinski definition) is 1. The highest BCUT2D eigenvalue weighted by atomic mass is 16.5. The third-order valence-electron chi connectivity index (χ3n) is 5.71. The zero-order valence-corrected chi connectivity index (χ0v) is 20.0. The van der Waals surface area contributed by atoms with Crippen LogP contribution in [0.1, 0.15) is 45.1 Å². The molecule has 3 aromatic rings. The lowest BCUT2D eigenvalue weighted by Gasteiger charge is -2.19. The van der Waals surface area contributed by atoms with E-state index in [1.165, 1.54) is 6.92 Å². The molecular formula is C27H28N2O5. The number of hydrogen-bond acceptors (Lipinski definition) is 6. The van der Waals surface area contributed by atoms with Crippen molar-refractivity contribution in [2.75, 3.05) is 7.11 Å². The minimum atomic E-state index is -0.940. The summed E-state index contributed by atoms with van der Waals surface area (Å²) in [4.78, 5) is 26.2. The molecule has 0 saturated carbocycles. The van der Waals surface area contributed by atoms with Gasteiger partial charge in [-0.05, 0) is 80.6 Å². The summed E-state index contributed by atoms with van der Waals surface area (Å²) in [5.41, 5.74) is 2.15. The molecule has 1 heterocycles. The molecular weight excluding hydrogens is 432 g/mol. The van der Waals surface area contributed by atoms with Gasteiger partial charge in [0.05, 0.1) is 12.7 Å². The fourth-order valence-electron chi connectivity index (χ4n) is 3.95. The van der Waals surface area contributed by atoms with Crippen LogP contribution in [0.2, 0.25) is 0 Å². The van der Waals surface area contributed by atoms with Crippen molar-refractivity contribution in [2.24, 2.45) is 0 Å². The lowest BCUT2D eigenvalue weighted by molar-refractivity contribution is 0.0812. The number of nitriles is 1. The van der Waals surface area contributed by atoms with Crippen LogP contribution in [-0.2, 0) is 13.0 Å². The number of carbonyl (C=O) groups excluding carboxylic acids is 1. The normalized spacial score (nSPS) is 11.5. The van der Waals surface area contributed by atoms with Crippen molar-refractivity contribution in [3.63, 3.8) is 0 Å². The lowest BCUT2D eigenvalue weighted by atomic mass is 9.99. The number of aromatic hydroxyl groups is 1. The number of methoxy groups -OCH3 is 1. The van der Waals surface area contributed by atoms with E-state index in [0.717, 1.165) is 21.3 Å². The molecule has 0 saturated heterocycles. The predicted octanol–water partition coefficient (Wildman–Crippen LogP) is 4.25. The van der Waals surface area contributed by atoms with Gasteiger partial charge in [-0.25, -0.2) is 0 Å². The highest BCUT2D eigenvalue weighted by Crippen LogP contribution is 2.26. The third-order valence-corrected chi connectivity index (χ3v) is 5.71. The molecule has 7 heteroatoms. The van der Waals surface area contributed by atoms with Crippen molar-refractivity contribution in [3.8, 4) is 23.4 Å². The van der Waals surface area contributed by atoms with Gasteiger partial charge in [-0.2, -0.15) is 5.26 Å². The Kier molecular flexibility index (Phi) is 7.42. The summed E-state index contributed by atoms with van der Waals surface area (Å²) >= 11 is 0. The first-order valence-electron chi connectivity index (χ1n) is 10.9. The first kappa shape index (κ1) is 24.6. The Morgan fingerprint density at radius 2 is 1.71 bits per heavy atom. The van der Waals surface area contributed by atoms with Gasteiger partial charge in [0.1, 0.15) is 23.1 Å². The number of rotatable bonds is 8. The number of ketones is 1. The van der Waals surface area contributed by atoms with E-state index in [9.17, 15) is 20.0 Å². The first-order chi connectivity index (χ1) is 16.2. The molecule has 34 heavy (non-hydrogen) atoms. The van der Waals surface area contributed by atoms with E-state index in [4.69, 9.17) is 9.47 Å². The second-order valence-corrected chi connectivity index (χ2v) is 8.31. The molecule has 0 aliphatic carbocycles. The van der Waals surface area contributed by atoms with Crippen molar-refractivity contribution >= 4 is 5.78 Å². The van der Waals surface area contributed by atoms with E-state index in [2.05, 4.69) is 0 Å². The average molecular weight is 461 g/mol. The van der Waals surface area contributed by atoms with E-state index in [1.807, 2.05) is 50.2 Å². The Morgan fingerprint density at radius 1 is 1.09 bits per heavy atom. The van der Waals surface area contributed by atoms with Crippen molar-refractivity contribution in [1.29, 1.82) is 5.26 Å². The Balaban J connectivity index is 1.95. The second kappa shape index (κ2) is 10.3. The van der Waals surface area contributed by atoms with Gasteiger partial charge < -0.3 is 14.6 Å². The summed E-state index contributed by atoms with van der Waals surface area (Å²) in [7, 11) is 1.58. The Hall–Kier alpha value is -4.05. The molecule has 2 aromatic carbocycles. The van der Waals surface area contributed by atoms with Crippen LogP contribution < -0.4 is 15.0 Å². The topological polar surface area (TPSA) is 102 Å². The molecule has 0 aliphatic rings. The van der Waals surface area contributed by atoms with Crippen molar-refractivity contribution < 1.29 is 19.4 Å². The number of aromatic nitrogens is 1. The monoisotopic (exact) mass is 460 g/mol. The molecule has 1 N–H and O–H groups in total. The maximum absolute atomic E-state index is 13.3. The van der Waals surface area contributed by atoms with Gasteiger partial charge in [0, 0.05) is 6.54 Å². The minimum absolute atomic E-state index is 0.0808. The zero-order valence-electron chi connectivity index (χ0n) is 20.0. The number of ether oxygens (including phenoxy) is 2. The summed E-state index contributed by atoms with van der Waals surface area (Å²) < 4.78 is 12.1. The number of nitrogens with zero attached hydrogens (tertiary/aromatic N) is 2. The van der Waals surface area contributed by atoms with Crippen LogP contribution in [0, 0.1) is 32.1 Å². The van der Waals surface area contributed by atoms with Gasteiger partial charge in [0.15, 0.2) is 6.10 Å². The number of pyridine rings is 1. The summed E-state index contributed by atoms with van der Waals surface area (Å²) in [6.45, 7) is 7.03. The average Bonchev–Trinajstić information content (AvgIpc) is 2.78. The van der Waals surface area contributed by atoms with Crippen molar-refractivity contribution in [3.05, 3.63) is 86.2 Å². The van der Waals surface area contributed by atoms with E-state index in [0.29, 0.717) is 17.9 Å². The van der Waals surface area contributed by atoms with Gasteiger partial charge >= 0.3 is 0 Å². The number of Topliss-reactive ketones (excluding diaryl/α,β-unsaturated/α-hetero) is 1. The summed E-state index contributed by atoms with van der Waals surface area (Å²) in [5.74, 6) is 0.264. The maximum atomic E-state index is 13.3.